The molecule has 2 aliphatic carbocycles. The van der Waals surface area contributed by atoms with Gasteiger partial charge < -0.3 is 0 Å². The summed E-state index contributed by atoms with van der Waals surface area (Å²) < 4.78 is 50.0. The van der Waals surface area contributed by atoms with Crippen LogP contribution in [0.3, 0.4) is 0 Å². The Kier molecular flexibility index (Phi) is 1.27. The first-order chi connectivity index (χ1) is 5.38. The molecule has 0 aromatic carbocycles. The van der Waals surface area contributed by atoms with Crippen molar-refractivity contribution < 1.29 is 17.6 Å². The molecule has 0 fully saturated rings. The van der Waals surface area contributed by atoms with E-state index in [1.165, 1.54) is 0 Å². The SMILES string of the molecule is FC1=C(F)C2(Cl)C(F)=C(F)C12Cl. The lowest BCUT2D eigenvalue weighted by Crippen LogP contribution is -2.64. The van der Waals surface area contributed by atoms with Gasteiger partial charge in [0.2, 0.25) is 0 Å². The van der Waals surface area contributed by atoms with Gasteiger partial charge in [0.1, 0.15) is 0 Å². The summed E-state index contributed by atoms with van der Waals surface area (Å²) in [6.07, 6.45) is 0. The molecule has 0 atom stereocenters. The maximum Gasteiger partial charge on any atom is 0.184 e. The zero-order chi connectivity index (χ0) is 9.31. The molecule has 66 valence electrons. The maximum absolute atomic E-state index is 12.5. The van der Waals surface area contributed by atoms with Gasteiger partial charge >= 0.3 is 0 Å². The molecule has 0 saturated heterocycles. The predicted molar refractivity (Wildman–Crippen MR) is 35.7 cm³/mol. The number of hydrogen-bond acceptors (Lipinski definition) is 0. The van der Waals surface area contributed by atoms with E-state index in [-0.39, 0.29) is 0 Å². The molecular weight excluding hydrogens is 219 g/mol. The molecule has 0 radical (unpaired) electrons. The van der Waals surface area contributed by atoms with E-state index in [0.717, 1.165) is 0 Å². The van der Waals surface area contributed by atoms with Crippen LogP contribution in [0.2, 0.25) is 0 Å². The molecule has 0 amide bonds. The van der Waals surface area contributed by atoms with Crippen LogP contribution in [0.15, 0.2) is 23.3 Å². The summed E-state index contributed by atoms with van der Waals surface area (Å²) in [5.74, 6) is -6.17. The number of hydrogen-bond donors (Lipinski definition) is 0. The van der Waals surface area contributed by atoms with Gasteiger partial charge in [0.05, 0.1) is 0 Å². The Morgan fingerprint density at radius 2 is 0.833 bits per heavy atom. The first-order valence-corrected chi connectivity index (χ1v) is 3.64. The summed E-state index contributed by atoms with van der Waals surface area (Å²) >= 11 is 10.4. The molecule has 0 saturated carbocycles. The van der Waals surface area contributed by atoms with Crippen molar-refractivity contribution in [2.45, 2.75) is 9.75 Å². The van der Waals surface area contributed by atoms with Gasteiger partial charge in [-0.2, -0.15) is 0 Å². The lowest BCUT2D eigenvalue weighted by atomic mass is 9.67. The summed E-state index contributed by atoms with van der Waals surface area (Å²) in [4.78, 5) is -4.86. The fraction of sp³-hybridized carbons (Fsp3) is 0.333. The van der Waals surface area contributed by atoms with Crippen molar-refractivity contribution in [3.8, 4) is 0 Å². The second-order valence-corrected chi connectivity index (χ2v) is 3.71. The highest BCUT2D eigenvalue weighted by Gasteiger charge is 2.80. The Hall–Kier alpha value is -0.220. The topological polar surface area (TPSA) is 0 Å². The van der Waals surface area contributed by atoms with Gasteiger partial charge in [-0.25, -0.2) is 17.6 Å². The quantitative estimate of drug-likeness (QED) is 0.433. The molecule has 12 heavy (non-hydrogen) atoms. The van der Waals surface area contributed by atoms with Crippen molar-refractivity contribution in [3.05, 3.63) is 23.3 Å². The molecule has 0 heterocycles. The Morgan fingerprint density at radius 1 is 0.667 bits per heavy atom. The second kappa shape index (κ2) is 1.82. The summed E-state index contributed by atoms with van der Waals surface area (Å²) in [6, 6.07) is 0. The fourth-order valence-corrected chi connectivity index (χ4v) is 1.94. The standard InChI is InChI=1S/C6Cl2F4/c7-5-1(9)2(10)6(5,8)4(12)3(5)11. The monoisotopic (exact) mass is 218 g/mol. The molecule has 6 heteroatoms. The number of alkyl halides is 2. The van der Waals surface area contributed by atoms with Crippen LogP contribution in [0.5, 0.6) is 0 Å². The lowest BCUT2D eigenvalue weighted by molar-refractivity contribution is 0.209. The number of fused-ring (bicyclic) bond motifs is 1. The van der Waals surface area contributed by atoms with Crippen LogP contribution < -0.4 is 0 Å². The van der Waals surface area contributed by atoms with Gasteiger partial charge in [0.15, 0.2) is 33.1 Å². The van der Waals surface area contributed by atoms with Gasteiger partial charge in [-0.1, -0.05) is 0 Å². The van der Waals surface area contributed by atoms with E-state index in [1.807, 2.05) is 0 Å². The first-order valence-electron chi connectivity index (χ1n) is 2.88. The van der Waals surface area contributed by atoms with Crippen LogP contribution in [-0.2, 0) is 0 Å². The number of halogens is 6. The van der Waals surface area contributed by atoms with E-state index in [4.69, 9.17) is 23.2 Å². The van der Waals surface area contributed by atoms with Crippen LogP contribution in [0.4, 0.5) is 17.6 Å². The Morgan fingerprint density at radius 3 is 1.00 bits per heavy atom. The summed E-state index contributed by atoms with van der Waals surface area (Å²) in [5.41, 5.74) is 0. The van der Waals surface area contributed by atoms with Crippen molar-refractivity contribution in [1.82, 2.24) is 0 Å². The predicted octanol–water partition coefficient (Wildman–Crippen LogP) is 3.27. The van der Waals surface area contributed by atoms with Crippen LogP contribution in [0, 0.1) is 0 Å². The summed E-state index contributed by atoms with van der Waals surface area (Å²) in [6.45, 7) is 0. The van der Waals surface area contributed by atoms with Gasteiger partial charge in [0.25, 0.3) is 0 Å². The van der Waals surface area contributed by atoms with Crippen molar-refractivity contribution in [3.63, 3.8) is 0 Å². The molecule has 0 unspecified atom stereocenters. The van der Waals surface area contributed by atoms with E-state index in [1.54, 1.807) is 0 Å². The van der Waals surface area contributed by atoms with Crippen molar-refractivity contribution in [2.75, 3.05) is 0 Å². The molecule has 0 aromatic rings. The van der Waals surface area contributed by atoms with E-state index in [2.05, 4.69) is 0 Å². The van der Waals surface area contributed by atoms with Gasteiger partial charge in [0, 0.05) is 0 Å². The smallest absolute Gasteiger partial charge is 0.184 e. The molecule has 0 nitrogen and oxygen atoms in total. The summed E-state index contributed by atoms with van der Waals surface area (Å²) in [5, 5.41) is 0. The minimum absolute atomic E-state index is 1.54. The van der Waals surface area contributed by atoms with Gasteiger partial charge in [-0.15, -0.1) is 23.2 Å². The van der Waals surface area contributed by atoms with Crippen LogP contribution in [0.1, 0.15) is 0 Å². The van der Waals surface area contributed by atoms with E-state index < -0.39 is 33.1 Å². The van der Waals surface area contributed by atoms with Crippen LogP contribution in [0.25, 0.3) is 0 Å². The average molecular weight is 219 g/mol. The highest BCUT2D eigenvalue weighted by molar-refractivity contribution is 6.44. The molecule has 0 aliphatic heterocycles. The third kappa shape index (κ3) is 0.453. The highest BCUT2D eigenvalue weighted by Crippen LogP contribution is 2.72. The van der Waals surface area contributed by atoms with Crippen molar-refractivity contribution in [1.29, 1.82) is 0 Å². The third-order valence-electron chi connectivity index (χ3n) is 2.07. The molecule has 0 spiro atoms. The lowest BCUT2D eigenvalue weighted by Gasteiger charge is -2.52. The molecule has 0 bridgehead atoms. The maximum atomic E-state index is 12.5. The van der Waals surface area contributed by atoms with Crippen molar-refractivity contribution in [2.24, 2.45) is 0 Å². The fourth-order valence-electron chi connectivity index (χ4n) is 1.28. The summed E-state index contributed by atoms with van der Waals surface area (Å²) in [7, 11) is 0. The van der Waals surface area contributed by atoms with Crippen molar-refractivity contribution >= 4 is 23.2 Å². The first kappa shape index (κ1) is 8.38. The normalized spacial score (nSPS) is 45.5. The minimum Gasteiger partial charge on any atom is -0.206 e. The Balaban J connectivity index is 2.61. The third-order valence-corrected chi connectivity index (χ3v) is 3.40. The van der Waals surface area contributed by atoms with Crippen LogP contribution in [-0.4, -0.2) is 9.75 Å². The largest absolute Gasteiger partial charge is 0.206 e. The molecule has 2 rings (SSSR count). The second-order valence-electron chi connectivity index (χ2n) is 2.57. The zero-order valence-electron chi connectivity index (χ0n) is 5.27. The Bertz CT molecular complexity index is 285. The van der Waals surface area contributed by atoms with Crippen LogP contribution >= 0.6 is 23.2 Å². The zero-order valence-corrected chi connectivity index (χ0v) is 6.78. The van der Waals surface area contributed by atoms with E-state index >= 15 is 0 Å². The number of rotatable bonds is 0. The molecule has 0 aromatic heterocycles. The van der Waals surface area contributed by atoms with Gasteiger partial charge in [-0.05, 0) is 0 Å². The average Bonchev–Trinajstić information content (AvgIpc) is 2.10. The molecule has 2 aliphatic rings. The molecular formula is C6Cl2F4. The van der Waals surface area contributed by atoms with E-state index in [0.29, 0.717) is 0 Å². The molecule has 0 N–H and O–H groups in total. The van der Waals surface area contributed by atoms with E-state index in [9.17, 15) is 17.6 Å². The van der Waals surface area contributed by atoms with Gasteiger partial charge in [-0.3, -0.25) is 0 Å². The number of allylic oxidation sites excluding steroid dienone is 4. The highest BCUT2D eigenvalue weighted by atomic mass is 35.5. The Labute approximate surface area is 74.4 Å². The minimum atomic E-state index is -2.43.